The molecule has 0 saturated heterocycles. The molecule has 6 nitrogen and oxygen atoms in total. The molecule has 0 heterocycles. The predicted molar refractivity (Wildman–Crippen MR) is 266 cm³/mol. The molecule has 0 aromatic carbocycles. The van der Waals surface area contributed by atoms with E-state index in [1.807, 2.05) is 0 Å². The van der Waals surface area contributed by atoms with Gasteiger partial charge in [0.05, 0.1) is 0 Å². The quantitative estimate of drug-likeness (QED) is 0.0262. The highest BCUT2D eigenvalue weighted by molar-refractivity contribution is 5.71. The second kappa shape index (κ2) is 51.3. The number of ether oxygens (including phenoxy) is 3. The van der Waals surface area contributed by atoms with Crippen molar-refractivity contribution in [2.75, 3.05) is 13.2 Å². The van der Waals surface area contributed by atoms with Crippen LogP contribution in [0.2, 0.25) is 0 Å². The molecule has 0 aromatic heterocycles. The van der Waals surface area contributed by atoms with Crippen LogP contribution in [-0.4, -0.2) is 37.2 Å². The molecule has 6 heteroatoms. The van der Waals surface area contributed by atoms with Crippen LogP contribution in [0.5, 0.6) is 0 Å². The van der Waals surface area contributed by atoms with Crippen molar-refractivity contribution in [2.45, 2.75) is 290 Å². The van der Waals surface area contributed by atoms with E-state index >= 15 is 0 Å². The lowest BCUT2D eigenvalue weighted by Crippen LogP contribution is -2.30. The number of unbranched alkanes of at least 4 members (excludes halogenated alkanes) is 32. The zero-order valence-electron chi connectivity index (χ0n) is 41.4. The maximum atomic E-state index is 12.8. The van der Waals surface area contributed by atoms with Crippen LogP contribution in [0.15, 0.2) is 36.5 Å². The number of carbonyl (C=O) groups excluding carboxylic acids is 3. The standard InChI is InChI=1S/C56H102O6/c1-4-7-10-13-16-19-22-25-26-27-28-29-30-32-34-37-40-43-46-49-55(58)61-52-53(51-60-54(57)48-45-42-39-36-33-24-21-18-15-12-9-6-3)62-56(59)50-47-44-41-38-35-31-23-20-17-14-11-8-5-2/h16,18-19,21,25-26,53H,4-15,17,20,22-24,27-52H2,1-3H3/b19-16-,21-18-,26-25-/t53-/m1/s1. The predicted octanol–water partition coefficient (Wildman–Crippen LogP) is 17.7. The summed E-state index contributed by atoms with van der Waals surface area (Å²) in [5, 5.41) is 0. The lowest BCUT2D eigenvalue weighted by molar-refractivity contribution is -0.167. The topological polar surface area (TPSA) is 78.9 Å². The van der Waals surface area contributed by atoms with Crippen LogP contribution < -0.4 is 0 Å². The molecule has 0 spiro atoms. The summed E-state index contributed by atoms with van der Waals surface area (Å²) in [7, 11) is 0. The van der Waals surface area contributed by atoms with Crippen molar-refractivity contribution in [2.24, 2.45) is 0 Å². The van der Waals surface area contributed by atoms with Crippen LogP contribution in [0, 0.1) is 0 Å². The van der Waals surface area contributed by atoms with Crippen molar-refractivity contribution < 1.29 is 28.6 Å². The van der Waals surface area contributed by atoms with E-state index in [1.165, 1.54) is 173 Å². The summed E-state index contributed by atoms with van der Waals surface area (Å²) >= 11 is 0. The molecule has 0 aliphatic rings. The molecule has 362 valence electrons. The zero-order valence-corrected chi connectivity index (χ0v) is 41.4. The average molecular weight is 871 g/mol. The molecule has 0 aliphatic carbocycles. The van der Waals surface area contributed by atoms with Crippen molar-refractivity contribution in [3.8, 4) is 0 Å². The second-order valence-electron chi connectivity index (χ2n) is 18.1. The van der Waals surface area contributed by atoms with E-state index in [1.54, 1.807) is 0 Å². The van der Waals surface area contributed by atoms with Gasteiger partial charge in [-0.05, 0) is 77.0 Å². The first-order valence-electron chi connectivity index (χ1n) is 27.0. The van der Waals surface area contributed by atoms with Gasteiger partial charge >= 0.3 is 17.9 Å². The van der Waals surface area contributed by atoms with Crippen LogP contribution >= 0.6 is 0 Å². The molecule has 0 aromatic rings. The molecule has 0 fully saturated rings. The first-order chi connectivity index (χ1) is 30.5. The van der Waals surface area contributed by atoms with Crippen LogP contribution in [0.1, 0.15) is 284 Å². The number of esters is 3. The Balaban J connectivity index is 4.32. The Bertz CT molecular complexity index is 1050. The SMILES string of the molecule is CCCCC/C=C\C/C=C\CCCCCCCCCCCC(=O)OC[C@@H](COC(=O)CCCCCCC/C=C\CCCCC)OC(=O)CCCCCCCCCCCCCCC. The van der Waals surface area contributed by atoms with E-state index in [0.717, 1.165) is 70.6 Å². The molecule has 0 saturated carbocycles. The summed E-state index contributed by atoms with van der Waals surface area (Å²) in [4.78, 5) is 38.0. The normalized spacial score (nSPS) is 12.2. The summed E-state index contributed by atoms with van der Waals surface area (Å²) < 4.78 is 16.8. The molecule has 0 aliphatic heterocycles. The molecule has 0 unspecified atom stereocenters. The summed E-state index contributed by atoms with van der Waals surface area (Å²) in [6.07, 6.45) is 59.8. The Morgan fingerprint density at radius 3 is 0.935 bits per heavy atom. The fourth-order valence-electron chi connectivity index (χ4n) is 7.76. The number of hydrogen-bond acceptors (Lipinski definition) is 6. The van der Waals surface area contributed by atoms with Gasteiger partial charge in [0.25, 0.3) is 0 Å². The van der Waals surface area contributed by atoms with Crippen LogP contribution in [-0.2, 0) is 28.6 Å². The summed E-state index contributed by atoms with van der Waals surface area (Å²) in [5.41, 5.74) is 0. The zero-order chi connectivity index (χ0) is 45.1. The van der Waals surface area contributed by atoms with Gasteiger partial charge < -0.3 is 14.2 Å². The van der Waals surface area contributed by atoms with E-state index < -0.39 is 6.10 Å². The van der Waals surface area contributed by atoms with Crippen molar-refractivity contribution in [3.63, 3.8) is 0 Å². The highest BCUT2D eigenvalue weighted by atomic mass is 16.6. The maximum absolute atomic E-state index is 12.8. The van der Waals surface area contributed by atoms with Gasteiger partial charge in [0, 0.05) is 19.3 Å². The van der Waals surface area contributed by atoms with Crippen molar-refractivity contribution in [1.29, 1.82) is 0 Å². The van der Waals surface area contributed by atoms with Gasteiger partial charge in [0.1, 0.15) is 13.2 Å². The Morgan fingerprint density at radius 1 is 0.323 bits per heavy atom. The van der Waals surface area contributed by atoms with Gasteiger partial charge in [0.2, 0.25) is 0 Å². The van der Waals surface area contributed by atoms with E-state index in [-0.39, 0.29) is 31.1 Å². The molecular formula is C56H102O6. The Labute approximate surface area is 385 Å². The molecule has 0 amide bonds. The van der Waals surface area contributed by atoms with Crippen molar-refractivity contribution >= 4 is 17.9 Å². The maximum Gasteiger partial charge on any atom is 0.306 e. The second-order valence-corrected chi connectivity index (χ2v) is 18.1. The Hall–Kier alpha value is -2.37. The van der Waals surface area contributed by atoms with Gasteiger partial charge in [-0.1, -0.05) is 224 Å². The minimum absolute atomic E-state index is 0.0739. The first-order valence-corrected chi connectivity index (χ1v) is 27.0. The third kappa shape index (κ3) is 48.7. The minimum atomic E-state index is -0.773. The summed E-state index contributed by atoms with van der Waals surface area (Å²) in [6, 6.07) is 0. The minimum Gasteiger partial charge on any atom is -0.462 e. The lowest BCUT2D eigenvalue weighted by Gasteiger charge is -2.18. The lowest BCUT2D eigenvalue weighted by atomic mass is 10.0. The Kier molecular flexibility index (Phi) is 49.3. The van der Waals surface area contributed by atoms with Gasteiger partial charge in [-0.2, -0.15) is 0 Å². The van der Waals surface area contributed by atoms with Crippen molar-refractivity contribution in [1.82, 2.24) is 0 Å². The van der Waals surface area contributed by atoms with Gasteiger partial charge in [-0.15, -0.1) is 0 Å². The number of allylic oxidation sites excluding steroid dienone is 6. The monoisotopic (exact) mass is 871 g/mol. The fourth-order valence-corrected chi connectivity index (χ4v) is 7.76. The first kappa shape index (κ1) is 59.6. The molecule has 0 rings (SSSR count). The van der Waals surface area contributed by atoms with Crippen molar-refractivity contribution in [3.05, 3.63) is 36.5 Å². The fraction of sp³-hybridized carbons (Fsp3) is 0.839. The number of carbonyl (C=O) groups is 3. The largest absolute Gasteiger partial charge is 0.462 e. The molecular weight excluding hydrogens is 769 g/mol. The van der Waals surface area contributed by atoms with E-state index in [2.05, 4.69) is 57.2 Å². The highest BCUT2D eigenvalue weighted by Crippen LogP contribution is 2.16. The highest BCUT2D eigenvalue weighted by Gasteiger charge is 2.19. The smallest absolute Gasteiger partial charge is 0.306 e. The van der Waals surface area contributed by atoms with E-state index in [9.17, 15) is 14.4 Å². The number of rotatable bonds is 49. The van der Waals surface area contributed by atoms with Crippen LogP contribution in [0.4, 0.5) is 0 Å². The van der Waals surface area contributed by atoms with Crippen LogP contribution in [0.3, 0.4) is 0 Å². The van der Waals surface area contributed by atoms with Gasteiger partial charge in [0.15, 0.2) is 6.10 Å². The Morgan fingerprint density at radius 2 is 0.581 bits per heavy atom. The third-order valence-corrected chi connectivity index (χ3v) is 11.9. The third-order valence-electron chi connectivity index (χ3n) is 11.9. The van der Waals surface area contributed by atoms with E-state index in [0.29, 0.717) is 19.3 Å². The average Bonchev–Trinajstić information content (AvgIpc) is 3.27. The molecule has 62 heavy (non-hydrogen) atoms. The van der Waals surface area contributed by atoms with E-state index in [4.69, 9.17) is 14.2 Å². The summed E-state index contributed by atoms with van der Waals surface area (Å²) in [5.74, 6) is -0.875. The van der Waals surface area contributed by atoms with Gasteiger partial charge in [-0.25, -0.2) is 0 Å². The molecule has 0 bridgehead atoms. The van der Waals surface area contributed by atoms with Gasteiger partial charge in [-0.3, -0.25) is 14.4 Å². The molecule has 1 atom stereocenters. The van der Waals surface area contributed by atoms with Crippen LogP contribution in [0.25, 0.3) is 0 Å². The summed E-state index contributed by atoms with van der Waals surface area (Å²) in [6.45, 7) is 6.60. The molecule has 0 N–H and O–H groups in total. The number of hydrogen-bond donors (Lipinski definition) is 0. The molecule has 0 radical (unpaired) electrons.